The number of anilines is 6. The van der Waals surface area contributed by atoms with Gasteiger partial charge >= 0.3 is 0 Å². The van der Waals surface area contributed by atoms with Crippen LogP contribution in [0.4, 0.5) is 34.1 Å². The number of rotatable bonds is 6. The van der Waals surface area contributed by atoms with Crippen LogP contribution in [0.5, 0.6) is 0 Å². The minimum atomic E-state index is 1.12. The number of para-hydroxylation sites is 4. The summed E-state index contributed by atoms with van der Waals surface area (Å²) in [5, 5.41) is 2.59. The number of benzene rings is 6. The molecule has 0 radical (unpaired) electrons. The maximum Gasteiger partial charge on any atom is 0.0731 e. The van der Waals surface area contributed by atoms with E-state index in [9.17, 15) is 0 Å². The highest BCUT2D eigenvalue weighted by molar-refractivity contribution is 7.25. The van der Waals surface area contributed by atoms with Gasteiger partial charge in [0.15, 0.2) is 0 Å². The molecule has 0 fully saturated rings. The van der Waals surface area contributed by atoms with Crippen molar-refractivity contribution in [2.45, 2.75) is 6.92 Å². The highest BCUT2D eigenvalue weighted by Gasteiger charge is 2.24. The topological polar surface area (TPSA) is 6.48 Å². The zero-order valence-electron chi connectivity index (χ0n) is 22.2. The smallest absolute Gasteiger partial charge is 0.0731 e. The van der Waals surface area contributed by atoms with Crippen LogP contribution in [-0.2, 0) is 0 Å². The molecule has 3 heteroatoms. The van der Waals surface area contributed by atoms with Crippen LogP contribution in [0.2, 0.25) is 0 Å². The lowest BCUT2D eigenvalue weighted by atomic mass is 10.1. The van der Waals surface area contributed by atoms with Crippen LogP contribution < -0.4 is 9.80 Å². The van der Waals surface area contributed by atoms with Crippen molar-refractivity contribution in [3.8, 4) is 0 Å². The lowest BCUT2D eigenvalue weighted by Crippen LogP contribution is -2.18. The molecule has 0 spiro atoms. The van der Waals surface area contributed by atoms with E-state index >= 15 is 0 Å². The number of nitrogens with zero attached hydrogens (tertiary/aromatic N) is 2. The van der Waals surface area contributed by atoms with E-state index in [4.69, 9.17) is 0 Å². The standard InChI is InChI=1S/C37H28N2S/c1-27-14-13-22-34(37(27)39(29-17-7-3-8-18-29)30-19-9-4-10-20-30)38(28-15-5-2-6-16-28)31-24-25-36-33(26-31)32-21-11-12-23-35(32)40-36/h2-26H,1H3. The van der Waals surface area contributed by atoms with Gasteiger partial charge in [-0.3, -0.25) is 0 Å². The Kier molecular flexibility index (Phi) is 6.27. The molecule has 0 saturated carbocycles. The Balaban J connectivity index is 1.50. The molecule has 0 atom stereocenters. The van der Waals surface area contributed by atoms with Crippen LogP contribution in [0.25, 0.3) is 20.2 Å². The average molecular weight is 533 g/mol. The third-order valence-corrected chi connectivity index (χ3v) is 8.49. The van der Waals surface area contributed by atoms with E-state index in [2.05, 4.69) is 168 Å². The van der Waals surface area contributed by atoms with Gasteiger partial charge in [-0.2, -0.15) is 0 Å². The van der Waals surface area contributed by atoms with E-state index in [-0.39, 0.29) is 0 Å². The molecule has 40 heavy (non-hydrogen) atoms. The summed E-state index contributed by atoms with van der Waals surface area (Å²) < 4.78 is 2.62. The predicted molar refractivity (Wildman–Crippen MR) is 173 cm³/mol. The first-order chi connectivity index (χ1) is 19.8. The van der Waals surface area contributed by atoms with E-state index in [0.29, 0.717) is 0 Å². The van der Waals surface area contributed by atoms with Gasteiger partial charge in [-0.05, 0) is 79.2 Å². The fraction of sp³-hybridized carbons (Fsp3) is 0.0270. The van der Waals surface area contributed by atoms with Crippen molar-refractivity contribution in [3.63, 3.8) is 0 Å². The molecule has 0 aliphatic carbocycles. The Morgan fingerprint density at radius 3 is 1.62 bits per heavy atom. The van der Waals surface area contributed by atoms with Gasteiger partial charge in [-0.15, -0.1) is 11.3 Å². The molecule has 0 saturated heterocycles. The summed E-state index contributed by atoms with van der Waals surface area (Å²) in [5.41, 5.74) is 7.97. The Hall–Kier alpha value is -4.86. The van der Waals surface area contributed by atoms with Crippen molar-refractivity contribution in [2.24, 2.45) is 0 Å². The molecular formula is C37H28N2S. The van der Waals surface area contributed by atoms with Crippen molar-refractivity contribution in [2.75, 3.05) is 9.80 Å². The number of hydrogen-bond donors (Lipinski definition) is 0. The monoisotopic (exact) mass is 532 g/mol. The molecule has 2 nitrogen and oxygen atoms in total. The Morgan fingerprint density at radius 2 is 0.975 bits per heavy atom. The summed E-state index contributed by atoms with van der Waals surface area (Å²) >= 11 is 1.85. The van der Waals surface area contributed by atoms with Gasteiger partial charge in [0.1, 0.15) is 0 Å². The second-order valence-corrected chi connectivity index (χ2v) is 11.0. The van der Waals surface area contributed by atoms with Gasteiger partial charge in [-0.1, -0.05) is 84.9 Å². The molecule has 0 amide bonds. The van der Waals surface area contributed by atoms with Crippen LogP contribution in [-0.4, -0.2) is 0 Å². The summed E-state index contributed by atoms with van der Waals surface area (Å²) in [7, 11) is 0. The van der Waals surface area contributed by atoms with Gasteiger partial charge in [0.25, 0.3) is 0 Å². The second-order valence-electron chi connectivity index (χ2n) is 9.90. The zero-order valence-corrected chi connectivity index (χ0v) is 23.1. The minimum Gasteiger partial charge on any atom is -0.308 e. The number of thiophene rings is 1. The molecule has 0 aliphatic heterocycles. The van der Waals surface area contributed by atoms with Crippen LogP contribution in [0, 0.1) is 6.92 Å². The zero-order chi connectivity index (χ0) is 26.9. The predicted octanol–water partition coefficient (Wildman–Crippen LogP) is 11.3. The van der Waals surface area contributed by atoms with Gasteiger partial charge in [0.05, 0.1) is 11.4 Å². The maximum atomic E-state index is 2.40. The molecule has 7 aromatic rings. The van der Waals surface area contributed by atoms with Crippen LogP contribution in [0.3, 0.4) is 0 Å². The van der Waals surface area contributed by atoms with Crippen molar-refractivity contribution in [3.05, 3.63) is 157 Å². The molecule has 0 bridgehead atoms. The molecule has 1 aromatic heterocycles. The largest absolute Gasteiger partial charge is 0.308 e. The second kappa shape index (κ2) is 10.4. The Bertz CT molecular complexity index is 1870. The maximum absolute atomic E-state index is 2.40. The summed E-state index contributed by atoms with van der Waals surface area (Å²) in [4.78, 5) is 4.77. The normalized spacial score (nSPS) is 11.1. The van der Waals surface area contributed by atoms with Crippen molar-refractivity contribution in [1.29, 1.82) is 0 Å². The van der Waals surface area contributed by atoms with E-state index in [0.717, 1.165) is 34.1 Å². The summed E-state index contributed by atoms with van der Waals surface area (Å²) in [6, 6.07) is 54.2. The van der Waals surface area contributed by atoms with Gasteiger partial charge < -0.3 is 9.80 Å². The molecule has 192 valence electrons. The molecule has 6 aromatic carbocycles. The fourth-order valence-electron chi connectivity index (χ4n) is 5.53. The van der Waals surface area contributed by atoms with Crippen molar-refractivity contribution in [1.82, 2.24) is 0 Å². The Labute approximate surface area is 239 Å². The Morgan fingerprint density at radius 1 is 0.425 bits per heavy atom. The molecule has 0 N–H and O–H groups in total. The number of aryl methyl sites for hydroxylation is 1. The third kappa shape index (κ3) is 4.31. The van der Waals surface area contributed by atoms with E-state index < -0.39 is 0 Å². The number of fused-ring (bicyclic) bond motifs is 3. The fourth-order valence-corrected chi connectivity index (χ4v) is 6.62. The van der Waals surface area contributed by atoms with Gasteiger partial charge in [-0.25, -0.2) is 0 Å². The molecule has 1 heterocycles. The average Bonchev–Trinajstić information content (AvgIpc) is 3.39. The van der Waals surface area contributed by atoms with E-state index in [1.165, 1.54) is 25.7 Å². The van der Waals surface area contributed by atoms with Gasteiger partial charge in [0, 0.05) is 42.9 Å². The lowest BCUT2D eigenvalue weighted by molar-refractivity contribution is 1.20. The first-order valence-electron chi connectivity index (χ1n) is 13.5. The molecular weight excluding hydrogens is 504 g/mol. The van der Waals surface area contributed by atoms with E-state index in [1.54, 1.807) is 0 Å². The molecule has 7 rings (SSSR count). The first kappa shape index (κ1) is 24.2. The van der Waals surface area contributed by atoms with Crippen molar-refractivity contribution >= 4 is 65.6 Å². The highest BCUT2D eigenvalue weighted by Crippen LogP contribution is 2.48. The molecule has 0 aliphatic rings. The van der Waals surface area contributed by atoms with E-state index in [1.807, 2.05) is 11.3 Å². The number of hydrogen-bond acceptors (Lipinski definition) is 3. The van der Waals surface area contributed by atoms with Crippen molar-refractivity contribution < 1.29 is 0 Å². The van der Waals surface area contributed by atoms with Crippen LogP contribution in [0.15, 0.2) is 152 Å². The molecule has 0 unspecified atom stereocenters. The highest BCUT2D eigenvalue weighted by atomic mass is 32.1. The summed E-state index contributed by atoms with van der Waals surface area (Å²) in [6.07, 6.45) is 0. The lowest BCUT2D eigenvalue weighted by Gasteiger charge is -2.34. The quantitative estimate of drug-likeness (QED) is 0.210. The van der Waals surface area contributed by atoms with Gasteiger partial charge in [0.2, 0.25) is 0 Å². The summed E-state index contributed by atoms with van der Waals surface area (Å²) in [6.45, 7) is 2.20. The first-order valence-corrected chi connectivity index (χ1v) is 14.4. The van der Waals surface area contributed by atoms with Crippen LogP contribution >= 0.6 is 11.3 Å². The minimum absolute atomic E-state index is 1.12. The SMILES string of the molecule is Cc1cccc(N(c2ccccc2)c2ccc3sc4ccccc4c3c2)c1N(c1ccccc1)c1ccccc1. The summed E-state index contributed by atoms with van der Waals surface area (Å²) in [5.74, 6) is 0. The third-order valence-electron chi connectivity index (χ3n) is 7.34. The van der Waals surface area contributed by atoms with Crippen LogP contribution in [0.1, 0.15) is 5.56 Å².